The summed E-state index contributed by atoms with van der Waals surface area (Å²) in [6, 6.07) is 1.66. The molecule has 0 aromatic carbocycles. The zero-order chi connectivity index (χ0) is 11.7. The number of aryl methyl sites for hydroxylation is 1. The number of aliphatic hydroxyl groups excluding tert-OH is 1. The SMILES string of the molecule is Cn1nnc(Br)c1C(O)c1ccncc1Cl. The third-order valence-electron chi connectivity index (χ3n) is 2.18. The molecule has 5 nitrogen and oxygen atoms in total. The molecule has 1 N–H and O–H groups in total. The van der Waals surface area contributed by atoms with Crippen LogP contribution in [0.25, 0.3) is 0 Å². The first-order valence-corrected chi connectivity index (χ1v) is 5.61. The van der Waals surface area contributed by atoms with E-state index in [-0.39, 0.29) is 0 Å². The van der Waals surface area contributed by atoms with Gasteiger partial charge in [0.25, 0.3) is 0 Å². The van der Waals surface area contributed by atoms with Crippen molar-refractivity contribution >= 4 is 27.5 Å². The molecular weight excluding hydrogens is 295 g/mol. The molecule has 0 bridgehead atoms. The van der Waals surface area contributed by atoms with Crippen molar-refractivity contribution < 1.29 is 5.11 Å². The molecule has 1 atom stereocenters. The minimum absolute atomic E-state index is 0.406. The van der Waals surface area contributed by atoms with Crippen LogP contribution in [-0.2, 0) is 7.05 Å². The fraction of sp³-hybridized carbons (Fsp3) is 0.222. The zero-order valence-electron chi connectivity index (χ0n) is 8.30. The second kappa shape index (κ2) is 4.48. The molecule has 16 heavy (non-hydrogen) atoms. The van der Waals surface area contributed by atoms with E-state index in [9.17, 15) is 5.11 Å². The summed E-state index contributed by atoms with van der Waals surface area (Å²) in [4.78, 5) is 3.86. The Hall–Kier alpha value is -0.980. The molecule has 0 aliphatic heterocycles. The Bertz CT molecular complexity index is 496. The van der Waals surface area contributed by atoms with Crippen molar-refractivity contribution in [3.8, 4) is 0 Å². The van der Waals surface area contributed by atoms with Crippen LogP contribution in [0, 0.1) is 0 Å². The Balaban J connectivity index is 2.47. The molecule has 1 unspecified atom stereocenters. The van der Waals surface area contributed by atoms with Gasteiger partial charge in [-0.25, -0.2) is 4.68 Å². The minimum atomic E-state index is -0.884. The van der Waals surface area contributed by atoms with Crippen LogP contribution < -0.4 is 0 Å². The minimum Gasteiger partial charge on any atom is -0.382 e. The smallest absolute Gasteiger partial charge is 0.154 e. The first kappa shape index (κ1) is 11.5. The van der Waals surface area contributed by atoms with Gasteiger partial charge in [0.2, 0.25) is 0 Å². The van der Waals surface area contributed by atoms with E-state index in [0.29, 0.717) is 20.9 Å². The van der Waals surface area contributed by atoms with Crippen LogP contribution in [0.2, 0.25) is 5.02 Å². The van der Waals surface area contributed by atoms with E-state index < -0.39 is 6.10 Å². The fourth-order valence-corrected chi connectivity index (χ4v) is 2.15. The van der Waals surface area contributed by atoms with Gasteiger partial charge in [0.1, 0.15) is 11.8 Å². The lowest BCUT2D eigenvalue weighted by Crippen LogP contribution is -2.08. The first-order chi connectivity index (χ1) is 7.61. The van der Waals surface area contributed by atoms with E-state index in [2.05, 4.69) is 31.2 Å². The molecule has 0 aliphatic carbocycles. The Kier molecular flexibility index (Phi) is 3.22. The van der Waals surface area contributed by atoms with Crippen LogP contribution in [-0.4, -0.2) is 25.1 Å². The van der Waals surface area contributed by atoms with Crippen molar-refractivity contribution in [3.05, 3.63) is 39.3 Å². The third-order valence-corrected chi connectivity index (χ3v) is 3.06. The van der Waals surface area contributed by atoms with Crippen LogP contribution in [0.1, 0.15) is 17.4 Å². The van der Waals surface area contributed by atoms with E-state index in [1.54, 1.807) is 19.3 Å². The number of pyridine rings is 1. The van der Waals surface area contributed by atoms with E-state index in [1.807, 2.05) is 0 Å². The van der Waals surface area contributed by atoms with E-state index in [4.69, 9.17) is 11.6 Å². The van der Waals surface area contributed by atoms with Gasteiger partial charge in [-0.3, -0.25) is 4.98 Å². The quantitative estimate of drug-likeness (QED) is 0.917. The molecule has 0 saturated heterocycles. The van der Waals surface area contributed by atoms with Gasteiger partial charge in [0.15, 0.2) is 4.60 Å². The first-order valence-electron chi connectivity index (χ1n) is 4.44. The topological polar surface area (TPSA) is 63.8 Å². The maximum atomic E-state index is 10.2. The summed E-state index contributed by atoms with van der Waals surface area (Å²) in [6.07, 6.45) is 2.17. The molecule has 84 valence electrons. The Labute approximate surface area is 105 Å². The third kappa shape index (κ3) is 1.95. The maximum Gasteiger partial charge on any atom is 0.154 e. The van der Waals surface area contributed by atoms with Crippen molar-refractivity contribution in [2.45, 2.75) is 6.10 Å². The highest BCUT2D eigenvalue weighted by molar-refractivity contribution is 9.10. The summed E-state index contributed by atoms with van der Waals surface area (Å²) in [5.74, 6) is 0. The van der Waals surface area contributed by atoms with E-state index in [1.165, 1.54) is 10.9 Å². The largest absolute Gasteiger partial charge is 0.382 e. The molecule has 0 amide bonds. The van der Waals surface area contributed by atoms with Gasteiger partial charge in [0, 0.05) is 25.0 Å². The van der Waals surface area contributed by atoms with Crippen molar-refractivity contribution in [1.29, 1.82) is 0 Å². The lowest BCUT2D eigenvalue weighted by molar-refractivity contribution is 0.209. The van der Waals surface area contributed by atoms with Crippen molar-refractivity contribution in [3.63, 3.8) is 0 Å². The van der Waals surface area contributed by atoms with Crippen LogP contribution in [0.4, 0.5) is 0 Å². The molecule has 2 rings (SSSR count). The summed E-state index contributed by atoms with van der Waals surface area (Å²) >= 11 is 9.18. The van der Waals surface area contributed by atoms with Crippen molar-refractivity contribution in [2.24, 2.45) is 7.05 Å². The predicted molar refractivity (Wildman–Crippen MR) is 62.0 cm³/mol. The number of hydrogen-bond acceptors (Lipinski definition) is 4. The Morgan fingerprint density at radius 1 is 1.56 bits per heavy atom. The molecule has 0 saturated carbocycles. The molecule has 2 aromatic heterocycles. The number of halogens is 2. The van der Waals surface area contributed by atoms with Gasteiger partial charge >= 0.3 is 0 Å². The lowest BCUT2D eigenvalue weighted by atomic mass is 10.1. The summed E-state index contributed by atoms with van der Waals surface area (Å²) in [7, 11) is 1.70. The molecule has 0 fully saturated rings. The molecule has 0 radical (unpaired) electrons. The number of nitrogens with zero attached hydrogens (tertiary/aromatic N) is 4. The number of hydrogen-bond donors (Lipinski definition) is 1. The van der Waals surface area contributed by atoms with Gasteiger partial charge in [0.05, 0.1) is 5.02 Å². The molecule has 0 aliphatic rings. The molecule has 2 heterocycles. The molecular formula is C9H8BrClN4O. The zero-order valence-corrected chi connectivity index (χ0v) is 10.6. The van der Waals surface area contributed by atoms with Gasteiger partial charge in [-0.1, -0.05) is 16.8 Å². The average Bonchev–Trinajstić information content (AvgIpc) is 2.58. The highest BCUT2D eigenvalue weighted by Crippen LogP contribution is 2.30. The average molecular weight is 304 g/mol. The fourth-order valence-electron chi connectivity index (χ4n) is 1.38. The van der Waals surface area contributed by atoms with E-state index >= 15 is 0 Å². The van der Waals surface area contributed by atoms with Crippen LogP contribution in [0.5, 0.6) is 0 Å². The second-order valence-corrected chi connectivity index (χ2v) is 4.35. The monoisotopic (exact) mass is 302 g/mol. The summed E-state index contributed by atoms with van der Waals surface area (Å²) < 4.78 is 1.99. The number of rotatable bonds is 2. The lowest BCUT2D eigenvalue weighted by Gasteiger charge is -2.12. The molecule has 7 heteroatoms. The van der Waals surface area contributed by atoms with Crippen LogP contribution in [0.3, 0.4) is 0 Å². The van der Waals surface area contributed by atoms with Gasteiger partial charge in [-0.05, 0) is 22.0 Å². The van der Waals surface area contributed by atoms with Gasteiger partial charge in [-0.2, -0.15) is 0 Å². The van der Waals surface area contributed by atoms with Crippen molar-refractivity contribution in [2.75, 3.05) is 0 Å². The standard InChI is InChI=1S/C9H8BrClN4O/c1-15-7(9(10)13-14-15)8(16)5-2-3-12-4-6(5)11/h2-4,8,16H,1H3. The van der Waals surface area contributed by atoms with Crippen LogP contribution >= 0.6 is 27.5 Å². The second-order valence-electron chi connectivity index (χ2n) is 3.19. The summed E-state index contributed by atoms with van der Waals surface area (Å²) in [6.45, 7) is 0. The molecule has 0 spiro atoms. The summed E-state index contributed by atoms with van der Waals surface area (Å²) in [5, 5.41) is 18.2. The van der Waals surface area contributed by atoms with Crippen molar-refractivity contribution in [1.82, 2.24) is 20.0 Å². The molecule has 2 aromatic rings. The van der Waals surface area contributed by atoms with Gasteiger partial charge < -0.3 is 5.11 Å². The predicted octanol–water partition coefficient (Wildman–Crippen LogP) is 1.71. The Morgan fingerprint density at radius 2 is 2.31 bits per heavy atom. The number of aromatic nitrogens is 4. The normalized spacial score (nSPS) is 12.8. The van der Waals surface area contributed by atoms with E-state index in [0.717, 1.165) is 0 Å². The highest BCUT2D eigenvalue weighted by Gasteiger charge is 2.21. The van der Waals surface area contributed by atoms with Gasteiger partial charge in [-0.15, -0.1) is 5.10 Å². The number of aliphatic hydroxyl groups is 1. The Morgan fingerprint density at radius 3 is 2.88 bits per heavy atom. The maximum absolute atomic E-state index is 10.2. The van der Waals surface area contributed by atoms with Crippen LogP contribution in [0.15, 0.2) is 23.1 Å². The highest BCUT2D eigenvalue weighted by atomic mass is 79.9. The summed E-state index contributed by atoms with van der Waals surface area (Å²) in [5.41, 5.74) is 1.12.